The predicted molar refractivity (Wildman–Crippen MR) is 63.1 cm³/mol. The van der Waals surface area contributed by atoms with Crippen LogP contribution in [0.25, 0.3) is 22.4 Å². The molecule has 16 heavy (non-hydrogen) atoms. The number of nitrogens with two attached hydrogens (primary N) is 1. The molecule has 0 bridgehead atoms. The average molecular weight is 234 g/mol. The van der Waals surface area contributed by atoms with E-state index in [1.165, 1.54) is 0 Å². The minimum Gasteiger partial charge on any atom is -0.398 e. The Morgan fingerprint density at radius 3 is 2.75 bits per heavy atom. The van der Waals surface area contributed by atoms with Gasteiger partial charge in [0.15, 0.2) is 0 Å². The molecule has 6 heteroatoms. The maximum Gasteiger partial charge on any atom is 0.200 e. The number of anilines is 1. The molecule has 3 aromatic rings. The van der Waals surface area contributed by atoms with Crippen molar-refractivity contribution in [3.8, 4) is 11.4 Å². The molecule has 0 saturated carbocycles. The van der Waals surface area contributed by atoms with Crippen molar-refractivity contribution in [3.05, 3.63) is 29.8 Å². The second-order valence-corrected chi connectivity index (χ2v) is 3.79. The number of halogens is 1. The molecule has 0 aliphatic carbocycles. The summed E-state index contributed by atoms with van der Waals surface area (Å²) < 4.78 is 0. The van der Waals surface area contributed by atoms with Crippen LogP contribution in [-0.4, -0.2) is 19.9 Å². The zero-order valence-electron chi connectivity index (χ0n) is 8.16. The number of hydrogen-bond donors (Lipinski definition) is 3. The molecule has 0 amide bonds. The van der Waals surface area contributed by atoms with Gasteiger partial charge in [-0.05, 0) is 23.7 Å². The van der Waals surface area contributed by atoms with Gasteiger partial charge < -0.3 is 15.7 Å². The number of rotatable bonds is 1. The zero-order chi connectivity index (χ0) is 11.1. The van der Waals surface area contributed by atoms with Gasteiger partial charge in [0.05, 0.1) is 17.6 Å². The van der Waals surface area contributed by atoms with Crippen LogP contribution < -0.4 is 5.73 Å². The molecule has 0 saturated heterocycles. The lowest BCUT2D eigenvalue weighted by Gasteiger charge is -1.91. The molecular formula is C10H8ClN5. The Kier molecular flexibility index (Phi) is 1.87. The number of aromatic nitrogens is 4. The first-order valence-electron chi connectivity index (χ1n) is 4.68. The predicted octanol–water partition coefficient (Wildman–Crippen LogP) is 2.19. The van der Waals surface area contributed by atoms with E-state index in [4.69, 9.17) is 17.3 Å². The standard InChI is InChI=1S/C10H8ClN5/c11-10-14-4-8(16-10)7-3-5-6(12)1-2-13-9(5)15-7/h1-4H,(H,14,16)(H3,12,13,15). The van der Waals surface area contributed by atoms with Crippen LogP contribution >= 0.6 is 11.6 Å². The fourth-order valence-electron chi connectivity index (χ4n) is 1.63. The third-order valence-corrected chi connectivity index (χ3v) is 2.59. The van der Waals surface area contributed by atoms with Crippen molar-refractivity contribution in [2.45, 2.75) is 0 Å². The maximum absolute atomic E-state index is 5.84. The number of nitrogen functional groups attached to an aromatic ring is 1. The quantitative estimate of drug-likeness (QED) is 0.602. The number of pyridine rings is 1. The molecule has 4 N–H and O–H groups in total. The summed E-state index contributed by atoms with van der Waals surface area (Å²) in [5.41, 5.74) is 8.95. The Morgan fingerprint density at radius 2 is 2.06 bits per heavy atom. The molecule has 0 atom stereocenters. The van der Waals surface area contributed by atoms with Gasteiger partial charge in [-0.1, -0.05) is 0 Å². The van der Waals surface area contributed by atoms with Crippen LogP contribution in [0.5, 0.6) is 0 Å². The highest BCUT2D eigenvalue weighted by atomic mass is 35.5. The Labute approximate surface area is 95.7 Å². The lowest BCUT2D eigenvalue weighted by atomic mass is 10.2. The molecule has 3 heterocycles. The fourth-order valence-corrected chi connectivity index (χ4v) is 1.78. The number of H-pyrrole nitrogens is 2. The van der Waals surface area contributed by atoms with Crippen LogP contribution in [0.3, 0.4) is 0 Å². The maximum atomic E-state index is 5.84. The molecule has 0 fully saturated rings. The lowest BCUT2D eigenvalue weighted by molar-refractivity contribution is 1.29. The van der Waals surface area contributed by atoms with Gasteiger partial charge in [-0.2, -0.15) is 0 Å². The summed E-state index contributed by atoms with van der Waals surface area (Å²) in [6.07, 6.45) is 3.32. The average Bonchev–Trinajstić information content (AvgIpc) is 2.84. The molecule has 80 valence electrons. The molecule has 3 aromatic heterocycles. The SMILES string of the molecule is Nc1ccnc2[nH]c(-c3cnc(Cl)[nH]3)cc12. The monoisotopic (exact) mass is 233 g/mol. The van der Waals surface area contributed by atoms with Crippen LogP contribution in [0.1, 0.15) is 0 Å². The number of hydrogen-bond acceptors (Lipinski definition) is 3. The molecule has 0 spiro atoms. The Morgan fingerprint density at radius 1 is 1.19 bits per heavy atom. The number of imidazole rings is 1. The van der Waals surface area contributed by atoms with E-state index in [1.54, 1.807) is 18.5 Å². The molecule has 5 nitrogen and oxygen atoms in total. The highest BCUT2D eigenvalue weighted by Crippen LogP contribution is 2.25. The lowest BCUT2D eigenvalue weighted by Crippen LogP contribution is -1.85. The van der Waals surface area contributed by atoms with Crippen molar-refractivity contribution in [3.63, 3.8) is 0 Å². The normalized spacial score (nSPS) is 11.1. The molecule has 0 aliphatic rings. The summed E-state index contributed by atoms with van der Waals surface area (Å²) in [5, 5.41) is 1.25. The van der Waals surface area contributed by atoms with Gasteiger partial charge in [0.1, 0.15) is 5.65 Å². The molecular weight excluding hydrogens is 226 g/mol. The van der Waals surface area contributed by atoms with Gasteiger partial charge in [-0.25, -0.2) is 9.97 Å². The molecule has 0 aliphatic heterocycles. The minimum atomic E-state index is 0.356. The summed E-state index contributed by atoms with van der Waals surface area (Å²) in [7, 11) is 0. The number of nitrogens with one attached hydrogen (secondary N) is 2. The van der Waals surface area contributed by atoms with Crippen molar-refractivity contribution < 1.29 is 0 Å². The first-order chi connectivity index (χ1) is 7.74. The smallest absolute Gasteiger partial charge is 0.200 e. The second-order valence-electron chi connectivity index (χ2n) is 3.43. The van der Waals surface area contributed by atoms with Gasteiger partial charge in [0.25, 0.3) is 0 Å². The van der Waals surface area contributed by atoms with E-state index < -0.39 is 0 Å². The van der Waals surface area contributed by atoms with Crippen molar-refractivity contribution in [1.29, 1.82) is 0 Å². The van der Waals surface area contributed by atoms with E-state index in [0.717, 1.165) is 22.4 Å². The zero-order valence-corrected chi connectivity index (χ0v) is 8.92. The van der Waals surface area contributed by atoms with Gasteiger partial charge in [0, 0.05) is 17.3 Å². The number of fused-ring (bicyclic) bond motifs is 1. The van der Waals surface area contributed by atoms with Crippen LogP contribution in [0, 0.1) is 0 Å². The van der Waals surface area contributed by atoms with Crippen LogP contribution in [0.4, 0.5) is 5.69 Å². The van der Waals surface area contributed by atoms with Gasteiger partial charge >= 0.3 is 0 Å². The first kappa shape index (κ1) is 9.23. The molecule has 0 radical (unpaired) electrons. The van der Waals surface area contributed by atoms with Crippen LogP contribution in [0.2, 0.25) is 5.28 Å². The van der Waals surface area contributed by atoms with E-state index in [0.29, 0.717) is 11.0 Å². The van der Waals surface area contributed by atoms with Crippen LogP contribution in [0.15, 0.2) is 24.5 Å². The Bertz CT molecular complexity index is 654. The summed E-state index contributed by atoms with van der Waals surface area (Å²) >= 11 is 5.72. The first-order valence-corrected chi connectivity index (χ1v) is 5.06. The summed E-state index contributed by atoms with van der Waals surface area (Å²) in [6.45, 7) is 0. The number of aromatic amines is 2. The van der Waals surface area contributed by atoms with Gasteiger partial charge in [-0.3, -0.25) is 0 Å². The second kappa shape index (κ2) is 3.24. The van der Waals surface area contributed by atoms with Crippen molar-refractivity contribution in [2.75, 3.05) is 5.73 Å². The minimum absolute atomic E-state index is 0.356. The van der Waals surface area contributed by atoms with Gasteiger partial charge in [-0.15, -0.1) is 0 Å². The van der Waals surface area contributed by atoms with E-state index >= 15 is 0 Å². The molecule has 0 unspecified atom stereocenters. The van der Waals surface area contributed by atoms with E-state index in [2.05, 4.69) is 19.9 Å². The van der Waals surface area contributed by atoms with Crippen molar-refractivity contribution >= 4 is 28.3 Å². The van der Waals surface area contributed by atoms with E-state index in [-0.39, 0.29) is 0 Å². The summed E-state index contributed by atoms with van der Waals surface area (Å²) in [4.78, 5) is 14.2. The summed E-state index contributed by atoms with van der Waals surface area (Å²) in [5.74, 6) is 0. The van der Waals surface area contributed by atoms with E-state index in [1.807, 2.05) is 6.07 Å². The topological polar surface area (TPSA) is 83.4 Å². The highest BCUT2D eigenvalue weighted by molar-refractivity contribution is 6.28. The van der Waals surface area contributed by atoms with Crippen LogP contribution in [-0.2, 0) is 0 Å². The van der Waals surface area contributed by atoms with E-state index in [9.17, 15) is 0 Å². The Hall–Kier alpha value is -2.01. The Balaban J connectivity index is 2.22. The fraction of sp³-hybridized carbons (Fsp3) is 0. The summed E-state index contributed by atoms with van der Waals surface area (Å²) in [6, 6.07) is 3.68. The third kappa shape index (κ3) is 1.33. The largest absolute Gasteiger partial charge is 0.398 e. The molecule has 3 rings (SSSR count). The van der Waals surface area contributed by atoms with Gasteiger partial charge in [0.2, 0.25) is 5.28 Å². The highest BCUT2D eigenvalue weighted by Gasteiger charge is 2.08. The molecule has 0 aromatic carbocycles. The number of nitrogens with zero attached hydrogens (tertiary/aromatic N) is 2. The van der Waals surface area contributed by atoms with Crippen molar-refractivity contribution in [1.82, 2.24) is 19.9 Å². The van der Waals surface area contributed by atoms with Crippen molar-refractivity contribution in [2.24, 2.45) is 0 Å². The third-order valence-electron chi connectivity index (χ3n) is 2.40.